The second-order valence-corrected chi connectivity index (χ2v) is 6.04. The molecule has 0 saturated heterocycles. The molecular formula is C17H26ClN3. The predicted octanol–water partition coefficient (Wildman–Crippen LogP) is 4.03. The van der Waals surface area contributed by atoms with Crippen molar-refractivity contribution in [2.75, 3.05) is 25.5 Å². The molecule has 0 aliphatic rings. The number of halogens is 1. The van der Waals surface area contributed by atoms with Gasteiger partial charge in [0, 0.05) is 24.9 Å². The number of nitrogens with zero attached hydrogens (tertiary/aromatic N) is 3. The first-order chi connectivity index (χ1) is 10.1. The quantitative estimate of drug-likeness (QED) is 0.720. The molecule has 3 nitrogen and oxygen atoms in total. The van der Waals surface area contributed by atoms with Crippen LogP contribution in [0.4, 0.5) is 0 Å². The van der Waals surface area contributed by atoms with E-state index >= 15 is 0 Å². The minimum Gasteiger partial charge on any atom is -0.324 e. The van der Waals surface area contributed by atoms with Crippen LogP contribution in [-0.4, -0.2) is 40.0 Å². The second-order valence-electron chi connectivity index (χ2n) is 5.66. The number of imidazole rings is 1. The fraction of sp³-hybridized carbons (Fsp3) is 0.588. The van der Waals surface area contributed by atoms with Crippen LogP contribution in [0, 0.1) is 6.92 Å². The maximum Gasteiger partial charge on any atom is 0.111 e. The number of rotatable bonds is 7. The Bertz CT molecular complexity index is 587. The van der Waals surface area contributed by atoms with Crippen molar-refractivity contribution in [2.45, 2.75) is 40.2 Å². The van der Waals surface area contributed by atoms with Crippen molar-refractivity contribution in [3.05, 3.63) is 29.6 Å². The molecule has 2 rings (SSSR count). The Morgan fingerprint density at radius 3 is 2.62 bits per heavy atom. The smallest absolute Gasteiger partial charge is 0.111 e. The summed E-state index contributed by atoms with van der Waals surface area (Å²) in [7, 11) is 0. The molecule has 0 N–H and O–H groups in total. The fourth-order valence-electron chi connectivity index (χ4n) is 2.95. The van der Waals surface area contributed by atoms with Gasteiger partial charge < -0.3 is 9.47 Å². The molecular weight excluding hydrogens is 282 g/mol. The van der Waals surface area contributed by atoms with Gasteiger partial charge in [-0.25, -0.2) is 4.98 Å². The SMILES string of the molecule is CCN(CC)CC(C)n1c(CCCl)nc2cc(C)ccc21. The van der Waals surface area contributed by atoms with E-state index in [-0.39, 0.29) is 0 Å². The Balaban J connectivity index is 2.41. The Kier molecular flexibility index (Phi) is 5.65. The molecule has 21 heavy (non-hydrogen) atoms. The molecule has 1 aromatic carbocycles. The van der Waals surface area contributed by atoms with Gasteiger partial charge in [-0.3, -0.25) is 0 Å². The third-order valence-electron chi connectivity index (χ3n) is 4.09. The van der Waals surface area contributed by atoms with Crippen LogP contribution >= 0.6 is 11.6 Å². The zero-order valence-corrected chi connectivity index (χ0v) is 14.3. The van der Waals surface area contributed by atoms with Gasteiger partial charge in [0.05, 0.1) is 11.0 Å². The number of fused-ring (bicyclic) bond motifs is 1. The third kappa shape index (κ3) is 3.58. The van der Waals surface area contributed by atoms with Crippen molar-refractivity contribution in [3.8, 4) is 0 Å². The summed E-state index contributed by atoms with van der Waals surface area (Å²) in [5.41, 5.74) is 3.56. The number of aromatic nitrogens is 2. The molecule has 0 aliphatic carbocycles. The van der Waals surface area contributed by atoms with E-state index in [2.05, 4.69) is 55.4 Å². The Labute approximate surface area is 132 Å². The lowest BCUT2D eigenvalue weighted by Crippen LogP contribution is -2.30. The average Bonchev–Trinajstić information content (AvgIpc) is 2.82. The Hall–Kier alpha value is -1.06. The van der Waals surface area contributed by atoms with E-state index in [0.29, 0.717) is 11.9 Å². The monoisotopic (exact) mass is 307 g/mol. The second kappa shape index (κ2) is 7.28. The van der Waals surface area contributed by atoms with Gasteiger partial charge in [0.2, 0.25) is 0 Å². The van der Waals surface area contributed by atoms with E-state index in [1.54, 1.807) is 0 Å². The van der Waals surface area contributed by atoms with Crippen LogP contribution in [0.1, 0.15) is 38.2 Å². The lowest BCUT2D eigenvalue weighted by Gasteiger charge is -2.25. The summed E-state index contributed by atoms with van der Waals surface area (Å²) in [5.74, 6) is 1.71. The summed E-state index contributed by atoms with van der Waals surface area (Å²) in [6.07, 6.45) is 0.817. The van der Waals surface area contributed by atoms with Crippen LogP contribution < -0.4 is 0 Å². The minimum absolute atomic E-state index is 0.399. The van der Waals surface area contributed by atoms with E-state index in [1.807, 2.05) is 0 Å². The van der Waals surface area contributed by atoms with Crippen molar-refractivity contribution in [2.24, 2.45) is 0 Å². The van der Waals surface area contributed by atoms with E-state index in [4.69, 9.17) is 16.6 Å². The molecule has 0 radical (unpaired) electrons. The zero-order valence-electron chi connectivity index (χ0n) is 13.6. The van der Waals surface area contributed by atoms with Crippen LogP contribution in [0.15, 0.2) is 18.2 Å². The standard InChI is InChI=1S/C17H26ClN3/c1-5-20(6-2)12-14(4)21-16-8-7-13(3)11-15(16)19-17(21)9-10-18/h7-8,11,14H,5-6,9-10,12H2,1-4H3. The van der Waals surface area contributed by atoms with E-state index in [0.717, 1.165) is 37.4 Å². The molecule has 1 atom stereocenters. The van der Waals surface area contributed by atoms with Gasteiger partial charge in [-0.1, -0.05) is 19.9 Å². The number of aryl methyl sites for hydroxylation is 2. The summed E-state index contributed by atoms with van der Waals surface area (Å²) in [6, 6.07) is 6.91. The van der Waals surface area contributed by atoms with Gasteiger partial charge in [0.15, 0.2) is 0 Å². The maximum atomic E-state index is 5.97. The maximum absolute atomic E-state index is 5.97. The first-order valence-electron chi connectivity index (χ1n) is 7.86. The summed E-state index contributed by atoms with van der Waals surface area (Å²) in [6.45, 7) is 12.0. The lowest BCUT2D eigenvalue weighted by atomic mass is 10.2. The highest BCUT2D eigenvalue weighted by Gasteiger charge is 2.17. The van der Waals surface area contributed by atoms with Gasteiger partial charge in [-0.15, -0.1) is 11.6 Å². The number of likely N-dealkylation sites (N-methyl/N-ethyl adjacent to an activating group) is 1. The van der Waals surface area contributed by atoms with Gasteiger partial charge in [0.25, 0.3) is 0 Å². The molecule has 0 fully saturated rings. The van der Waals surface area contributed by atoms with Crippen LogP contribution in [0.3, 0.4) is 0 Å². The van der Waals surface area contributed by atoms with Gasteiger partial charge in [0.1, 0.15) is 5.82 Å². The molecule has 116 valence electrons. The molecule has 0 bridgehead atoms. The molecule has 0 spiro atoms. The largest absolute Gasteiger partial charge is 0.324 e. The Morgan fingerprint density at radius 1 is 1.29 bits per heavy atom. The van der Waals surface area contributed by atoms with Crippen LogP contribution in [-0.2, 0) is 6.42 Å². The number of alkyl halides is 1. The number of benzene rings is 1. The summed E-state index contributed by atoms with van der Waals surface area (Å²) in [5, 5.41) is 0. The van der Waals surface area contributed by atoms with Gasteiger partial charge in [-0.05, 0) is 44.6 Å². The molecule has 0 amide bonds. The molecule has 2 aromatic rings. The average molecular weight is 308 g/mol. The van der Waals surface area contributed by atoms with Gasteiger partial charge >= 0.3 is 0 Å². The molecule has 4 heteroatoms. The van der Waals surface area contributed by atoms with Crippen molar-refractivity contribution in [1.29, 1.82) is 0 Å². The van der Waals surface area contributed by atoms with E-state index in [9.17, 15) is 0 Å². The number of hydrogen-bond donors (Lipinski definition) is 0. The Morgan fingerprint density at radius 2 is 2.00 bits per heavy atom. The highest BCUT2D eigenvalue weighted by Crippen LogP contribution is 2.23. The van der Waals surface area contributed by atoms with Crippen molar-refractivity contribution < 1.29 is 0 Å². The van der Waals surface area contributed by atoms with Crippen LogP contribution in [0.5, 0.6) is 0 Å². The summed E-state index contributed by atoms with van der Waals surface area (Å²) in [4.78, 5) is 7.26. The third-order valence-corrected chi connectivity index (χ3v) is 4.28. The fourth-order valence-corrected chi connectivity index (χ4v) is 3.12. The zero-order chi connectivity index (χ0) is 15.4. The lowest BCUT2D eigenvalue weighted by molar-refractivity contribution is 0.261. The molecule has 1 aromatic heterocycles. The van der Waals surface area contributed by atoms with Crippen molar-refractivity contribution in [3.63, 3.8) is 0 Å². The van der Waals surface area contributed by atoms with Gasteiger partial charge in [-0.2, -0.15) is 0 Å². The van der Waals surface area contributed by atoms with E-state index in [1.165, 1.54) is 11.1 Å². The molecule has 0 aliphatic heterocycles. The summed E-state index contributed by atoms with van der Waals surface area (Å²) < 4.78 is 2.37. The van der Waals surface area contributed by atoms with Crippen molar-refractivity contribution in [1.82, 2.24) is 14.5 Å². The first-order valence-corrected chi connectivity index (χ1v) is 8.39. The highest BCUT2D eigenvalue weighted by atomic mass is 35.5. The molecule has 1 unspecified atom stereocenters. The molecule has 1 heterocycles. The van der Waals surface area contributed by atoms with Crippen molar-refractivity contribution >= 4 is 22.6 Å². The topological polar surface area (TPSA) is 21.1 Å². The van der Waals surface area contributed by atoms with Crippen LogP contribution in [0.2, 0.25) is 0 Å². The molecule has 0 saturated carbocycles. The first kappa shape index (κ1) is 16.3. The van der Waals surface area contributed by atoms with Crippen LogP contribution in [0.25, 0.3) is 11.0 Å². The summed E-state index contributed by atoms with van der Waals surface area (Å²) >= 11 is 5.97. The normalized spacial score (nSPS) is 13.2. The number of hydrogen-bond acceptors (Lipinski definition) is 2. The predicted molar refractivity (Wildman–Crippen MR) is 91.4 cm³/mol. The minimum atomic E-state index is 0.399. The highest BCUT2D eigenvalue weighted by molar-refractivity contribution is 6.17. The van der Waals surface area contributed by atoms with E-state index < -0.39 is 0 Å².